The lowest BCUT2D eigenvalue weighted by Gasteiger charge is -2.09. The summed E-state index contributed by atoms with van der Waals surface area (Å²) in [6.45, 7) is 0. The standard InChI is InChI=1S/C22H19NO3S/c24-21(22(25)26)16-10-11-18-17-8-4-5-9-19(17)23(20(18)14-16)27-13-12-15-6-2-1-3-7-15/h1-11,14,21,24H,12-13H2,(H,25,26). The van der Waals surface area contributed by atoms with Crippen LogP contribution >= 0.6 is 11.9 Å². The first-order valence-corrected chi connectivity index (χ1v) is 9.70. The molecule has 27 heavy (non-hydrogen) atoms. The largest absolute Gasteiger partial charge is 0.479 e. The van der Waals surface area contributed by atoms with Gasteiger partial charge in [-0.2, -0.15) is 0 Å². The zero-order chi connectivity index (χ0) is 18.8. The first-order valence-electron chi connectivity index (χ1n) is 8.76. The van der Waals surface area contributed by atoms with E-state index in [1.807, 2.05) is 36.4 Å². The minimum Gasteiger partial charge on any atom is -0.479 e. The van der Waals surface area contributed by atoms with Crippen molar-refractivity contribution < 1.29 is 15.0 Å². The van der Waals surface area contributed by atoms with Gasteiger partial charge in [0.05, 0.1) is 11.0 Å². The third-order valence-corrected chi connectivity index (χ3v) is 5.70. The van der Waals surface area contributed by atoms with E-state index < -0.39 is 12.1 Å². The van der Waals surface area contributed by atoms with E-state index in [0.717, 1.165) is 34.0 Å². The molecule has 2 N–H and O–H groups in total. The Morgan fingerprint density at radius 2 is 1.63 bits per heavy atom. The van der Waals surface area contributed by atoms with E-state index in [1.54, 1.807) is 24.1 Å². The number of aryl methyl sites for hydroxylation is 1. The van der Waals surface area contributed by atoms with Crippen molar-refractivity contribution in [3.05, 3.63) is 83.9 Å². The number of aromatic nitrogens is 1. The fraction of sp³-hybridized carbons (Fsp3) is 0.136. The molecule has 0 aliphatic rings. The van der Waals surface area contributed by atoms with E-state index in [2.05, 4.69) is 28.2 Å². The van der Waals surface area contributed by atoms with Crippen LogP contribution < -0.4 is 0 Å². The number of nitrogens with zero attached hydrogens (tertiary/aromatic N) is 1. The van der Waals surface area contributed by atoms with Crippen LogP contribution in [0.2, 0.25) is 0 Å². The van der Waals surface area contributed by atoms with Crippen molar-refractivity contribution in [1.82, 2.24) is 3.97 Å². The fourth-order valence-corrected chi connectivity index (χ4v) is 4.40. The van der Waals surface area contributed by atoms with Gasteiger partial charge in [0, 0.05) is 16.5 Å². The normalized spacial score (nSPS) is 12.5. The molecule has 4 rings (SSSR count). The van der Waals surface area contributed by atoms with Gasteiger partial charge in [0.1, 0.15) is 0 Å². The number of carbonyl (C=O) groups is 1. The van der Waals surface area contributed by atoms with Crippen LogP contribution in [0.15, 0.2) is 72.8 Å². The molecule has 1 heterocycles. The fourth-order valence-electron chi connectivity index (χ4n) is 3.30. The molecule has 4 aromatic rings. The highest BCUT2D eigenvalue weighted by atomic mass is 32.2. The van der Waals surface area contributed by atoms with Crippen LogP contribution in [0.25, 0.3) is 21.8 Å². The Hall–Kier alpha value is -2.76. The highest BCUT2D eigenvalue weighted by molar-refractivity contribution is 7.98. The zero-order valence-electron chi connectivity index (χ0n) is 14.6. The number of hydrogen-bond donors (Lipinski definition) is 2. The number of fused-ring (bicyclic) bond motifs is 3. The Morgan fingerprint density at radius 3 is 2.41 bits per heavy atom. The van der Waals surface area contributed by atoms with Gasteiger partial charge in [-0.3, -0.25) is 3.97 Å². The highest BCUT2D eigenvalue weighted by Gasteiger charge is 2.18. The summed E-state index contributed by atoms with van der Waals surface area (Å²) < 4.78 is 2.14. The average molecular weight is 377 g/mol. The lowest BCUT2D eigenvalue weighted by Crippen LogP contribution is -2.10. The molecule has 0 bridgehead atoms. The van der Waals surface area contributed by atoms with E-state index in [9.17, 15) is 9.90 Å². The summed E-state index contributed by atoms with van der Waals surface area (Å²) in [5.41, 5.74) is 3.69. The molecular weight excluding hydrogens is 358 g/mol. The number of benzene rings is 3. The van der Waals surface area contributed by atoms with E-state index in [1.165, 1.54) is 5.56 Å². The molecule has 0 saturated carbocycles. The van der Waals surface area contributed by atoms with Crippen LogP contribution in [0.5, 0.6) is 0 Å². The number of carboxylic acid groups (broad SMARTS) is 1. The molecule has 0 aliphatic heterocycles. The van der Waals surface area contributed by atoms with Crippen LogP contribution in [-0.2, 0) is 11.2 Å². The molecule has 0 fully saturated rings. The number of aliphatic hydroxyl groups excluding tert-OH is 1. The van der Waals surface area contributed by atoms with Crippen molar-refractivity contribution in [2.75, 3.05) is 5.75 Å². The van der Waals surface area contributed by atoms with E-state index in [4.69, 9.17) is 5.11 Å². The van der Waals surface area contributed by atoms with Crippen LogP contribution in [-0.4, -0.2) is 25.9 Å². The molecule has 0 spiro atoms. The Morgan fingerprint density at radius 1 is 0.926 bits per heavy atom. The first-order chi connectivity index (χ1) is 13.1. The number of aliphatic carboxylic acids is 1. The molecular formula is C22H19NO3S. The van der Waals surface area contributed by atoms with Gasteiger partial charge in [-0.05, 0) is 41.6 Å². The second-order valence-corrected chi connectivity index (χ2v) is 7.43. The number of carboxylic acids is 1. The van der Waals surface area contributed by atoms with Gasteiger partial charge in [-0.15, -0.1) is 0 Å². The predicted octanol–water partition coefficient (Wildman–Crippen LogP) is 4.65. The smallest absolute Gasteiger partial charge is 0.337 e. The van der Waals surface area contributed by atoms with Crippen molar-refractivity contribution in [3.8, 4) is 0 Å². The van der Waals surface area contributed by atoms with Crippen molar-refractivity contribution in [2.24, 2.45) is 0 Å². The van der Waals surface area contributed by atoms with Gasteiger partial charge in [-0.1, -0.05) is 60.7 Å². The van der Waals surface area contributed by atoms with Crippen molar-refractivity contribution in [3.63, 3.8) is 0 Å². The van der Waals surface area contributed by atoms with Gasteiger partial charge in [-0.25, -0.2) is 4.79 Å². The molecule has 0 radical (unpaired) electrons. The van der Waals surface area contributed by atoms with Crippen molar-refractivity contribution in [2.45, 2.75) is 12.5 Å². The summed E-state index contributed by atoms with van der Waals surface area (Å²) in [6.07, 6.45) is -0.577. The van der Waals surface area contributed by atoms with Gasteiger partial charge >= 0.3 is 5.97 Å². The second-order valence-electron chi connectivity index (χ2n) is 6.40. The molecule has 1 aromatic heterocycles. The lowest BCUT2D eigenvalue weighted by atomic mass is 10.1. The Bertz CT molecular complexity index is 1100. The van der Waals surface area contributed by atoms with E-state index >= 15 is 0 Å². The average Bonchev–Trinajstić information content (AvgIpc) is 3.01. The third-order valence-electron chi connectivity index (χ3n) is 4.66. The SMILES string of the molecule is O=C(O)C(O)c1ccc2c3ccccc3n(SCCc3ccccc3)c2c1. The van der Waals surface area contributed by atoms with E-state index in [-0.39, 0.29) is 0 Å². The lowest BCUT2D eigenvalue weighted by molar-refractivity contribution is -0.146. The maximum absolute atomic E-state index is 11.2. The molecule has 1 unspecified atom stereocenters. The van der Waals surface area contributed by atoms with Crippen LogP contribution in [0, 0.1) is 0 Å². The summed E-state index contributed by atoms with van der Waals surface area (Å²) in [6, 6.07) is 23.8. The predicted molar refractivity (Wildman–Crippen MR) is 110 cm³/mol. The van der Waals surface area contributed by atoms with Gasteiger partial charge < -0.3 is 10.2 Å². The summed E-state index contributed by atoms with van der Waals surface area (Å²) in [7, 11) is 0. The minimum absolute atomic E-state index is 0.391. The topological polar surface area (TPSA) is 62.5 Å². The number of hydrogen-bond acceptors (Lipinski definition) is 3. The highest BCUT2D eigenvalue weighted by Crippen LogP contribution is 2.34. The van der Waals surface area contributed by atoms with Crippen LogP contribution in [0.1, 0.15) is 17.2 Å². The minimum atomic E-state index is -1.52. The zero-order valence-corrected chi connectivity index (χ0v) is 15.4. The second kappa shape index (κ2) is 7.47. The summed E-state index contributed by atoms with van der Waals surface area (Å²) in [5.74, 6) is -0.350. The molecule has 4 nitrogen and oxygen atoms in total. The summed E-state index contributed by atoms with van der Waals surface area (Å²) in [4.78, 5) is 11.2. The Labute approximate surface area is 161 Å². The molecule has 0 aliphatic carbocycles. The van der Waals surface area contributed by atoms with Gasteiger partial charge in [0.2, 0.25) is 0 Å². The quantitative estimate of drug-likeness (QED) is 0.513. The van der Waals surface area contributed by atoms with Gasteiger partial charge in [0.15, 0.2) is 6.10 Å². The molecule has 1 atom stereocenters. The molecule has 0 amide bonds. The molecule has 3 aromatic carbocycles. The van der Waals surface area contributed by atoms with Gasteiger partial charge in [0.25, 0.3) is 0 Å². The van der Waals surface area contributed by atoms with Crippen LogP contribution in [0.4, 0.5) is 0 Å². The van der Waals surface area contributed by atoms with Crippen molar-refractivity contribution in [1.29, 1.82) is 0 Å². The summed E-state index contributed by atoms with van der Waals surface area (Å²) in [5, 5.41) is 21.2. The monoisotopic (exact) mass is 377 g/mol. The number of para-hydroxylation sites is 1. The first kappa shape index (κ1) is 17.6. The Balaban J connectivity index is 1.73. The third kappa shape index (κ3) is 3.44. The Kier molecular flexibility index (Phi) is 4.88. The van der Waals surface area contributed by atoms with E-state index in [0.29, 0.717) is 5.56 Å². The number of aliphatic hydroxyl groups is 1. The van der Waals surface area contributed by atoms with Crippen LogP contribution in [0.3, 0.4) is 0 Å². The number of rotatable bonds is 6. The van der Waals surface area contributed by atoms with Crippen molar-refractivity contribution >= 4 is 39.7 Å². The maximum Gasteiger partial charge on any atom is 0.337 e. The molecule has 136 valence electrons. The molecule has 5 heteroatoms. The molecule has 0 saturated heterocycles. The maximum atomic E-state index is 11.2. The summed E-state index contributed by atoms with van der Waals surface area (Å²) >= 11 is 1.70.